The van der Waals surface area contributed by atoms with Gasteiger partial charge < -0.3 is 28.4 Å². The summed E-state index contributed by atoms with van der Waals surface area (Å²) in [5.74, 6) is 1.69. The van der Waals surface area contributed by atoms with Crippen LogP contribution in [0.5, 0.6) is 34.5 Å². The zero-order valence-corrected chi connectivity index (χ0v) is 51.2. The summed E-state index contributed by atoms with van der Waals surface area (Å²) >= 11 is 12.2. The molecule has 0 atom stereocenters. The maximum absolute atomic E-state index is 13.4. The van der Waals surface area contributed by atoms with Crippen LogP contribution in [-0.2, 0) is 0 Å². The van der Waals surface area contributed by atoms with E-state index in [1.54, 1.807) is 133 Å². The Kier molecular flexibility index (Phi) is 32.0. The van der Waals surface area contributed by atoms with Gasteiger partial charge in [-0.15, -0.1) is 10.2 Å². The SMILES string of the molecule is CCCCCCCCCCCCCCOc1ccc(C(=O)Oc2ccc(N=Nc3ccc(Cl)cc3)c(OCCCCOc3cc(OC(=O)c4ccc(OCCCCCCCCCCCCCC)cc4)ccc3N=Nc3ccc(Cl)cc3)c2)cc1. The quantitative estimate of drug-likeness (QED) is 0.0160. The second kappa shape index (κ2) is 40.5. The molecule has 0 N–H and O–H groups in total. The molecule has 6 rings (SSSR count). The highest BCUT2D eigenvalue weighted by Gasteiger charge is 2.15. The van der Waals surface area contributed by atoms with E-state index in [1.165, 1.54) is 128 Å². The van der Waals surface area contributed by atoms with Crippen molar-refractivity contribution in [3.8, 4) is 34.5 Å². The molecule has 450 valence electrons. The lowest BCUT2D eigenvalue weighted by atomic mass is 10.1. The average Bonchev–Trinajstić information content (AvgIpc) is 3.71. The molecular formula is C70H88Cl2N4O8. The van der Waals surface area contributed by atoms with E-state index in [9.17, 15) is 9.59 Å². The predicted molar refractivity (Wildman–Crippen MR) is 340 cm³/mol. The number of halogens is 2. The third-order valence-corrected chi connectivity index (χ3v) is 14.8. The molecule has 12 nitrogen and oxygen atoms in total. The van der Waals surface area contributed by atoms with Crippen LogP contribution in [0.25, 0.3) is 0 Å². The van der Waals surface area contributed by atoms with Crippen molar-refractivity contribution < 1.29 is 38.0 Å². The normalized spacial score (nSPS) is 11.3. The molecule has 14 heteroatoms. The van der Waals surface area contributed by atoms with Crippen molar-refractivity contribution in [1.82, 2.24) is 0 Å². The van der Waals surface area contributed by atoms with Crippen molar-refractivity contribution in [3.05, 3.63) is 155 Å². The summed E-state index contributed by atoms with van der Waals surface area (Å²) in [4.78, 5) is 26.7. The van der Waals surface area contributed by atoms with Crippen molar-refractivity contribution in [1.29, 1.82) is 0 Å². The van der Waals surface area contributed by atoms with E-state index >= 15 is 0 Å². The lowest BCUT2D eigenvalue weighted by molar-refractivity contribution is 0.0724. The minimum Gasteiger partial charge on any atom is -0.494 e. The molecule has 0 bridgehead atoms. The lowest BCUT2D eigenvalue weighted by Gasteiger charge is -2.13. The van der Waals surface area contributed by atoms with Crippen LogP contribution in [0.1, 0.15) is 202 Å². The van der Waals surface area contributed by atoms with E-state index < -0.39 is 11.9 Å². The van der Waals surface area contributed by atoms with Gasteiger partial charge in [-0.1, -0.05) is 178 Å². The zero-order chi connectivity index (χ0) is 59.1. The number of rotatable bonds is 43. The highest BCUT2D eigenvalue weighted by molar-refractivity contribution is 6.30. The number of esters is 2. The van der Waals surface area contributed by atoms with Crippen LogP contribution in [0, 0.1) is 0 Å². The van der Waals surface area contributed by atoms with E-state index in [0.29, 0.717) is 93.0 Å². The topological polar surface area (TPSA) is 139 Å². The summed E-state index contributed by atoms with van der Waals surface area (Å²) in [5.41, 5.74) is 2.85. The Morgan fingerprint density at radius 2 is 0.607 bits per heavy atom. The van der Waals surface area contributed by atoms with Gasteiger partial charge in [0.2, 0.25) is 0 Å². The molecule has 0 spiro atoms. The standard InChI is InChI=1S/C70H88Cl2N4O8/c1-3-5-7-9-11-13-15-17-19-21-23-25-49-79-61-41-29-55(30-42-61)69(77)83-63-45-47-65(75-73-59-37-33-57(71)34-38-59)67(53-63)81-51-27-28-52-82-68-54-64(46-48-66(68)76-74-60-39-35-58(72)36-40-60)84-70(78)56-31-43-62(44-32-56)80-50-26-24-22-20-18-16-14-12-10-8-6-4-2/h29-48,53-54H,3-28,49-52H2,1-2H3. The zero-order valence-electron chi connectivity index (χ0n) is 49.7. The fraction of sp³-hybridized carbons (Fsp3) is 0.457. The third-order valence-electron chi connectivity index (χ3n) is 14.3. The summed E-state index contributed by atoms with van der Waals surface area (Å²) in [6, 6.07) is 38.0. The number of unbranched alkanes of at least 4 members (excludes halogenated alkanes) is 23. The smallest absolute Gasteiger partial charge is 0.343 e. The van der Waals surface area contributed by atoms with Crippen LogP contribution in [0.2, 0.25) is 10.0 Å². The van der Waals surface area contributed by atoms with Crippen molar-refractivity contribution in [2.45, 2.75) is 181 Å². The highest BCUT2D eigenvalue weighted by atomic mass is 35.5. The molecule has 0 radical (unpaired) electrons. The third kappa shape index (κ3) is 26.9. The highest BCUT2D eigenvalue weighted by Crippen LogP contribution is 2.36. The Hall–Kier alpha value is -6.76. The Labute approximate surface area is 510 Å². The molecule has 0 saturated carbocycles. The Morgan fingerprint density at radius 1 is 0.321 bits per heavy atom. The Bertz CT molecular complexity index is 2650. The van der Waals surface area contributed by atoms with Crippen LogP contribution in [0.4, 0.5) is 22.7 Å². The van der Waals surface area contributed by atoms with Crippen LogP contribution in [0.3, 0.4) is 0 Å². The second-order valence-electron chi connectivity index (χ2n) is 21.3. The fourth-order valence-electron chi connectivity index (χ4n) is 9.29. The fourth-order valence-corrected chi connectivity index (χ4v) is 9.54. The molecule has 0 amide bonds. The monoisotopic (exact) mass is 1180 g/mol. The summed E-state index contributed by atoms with van der Waals surface area (Å²) in [6.45, 7) is 6.34. The molecular weight excluding hydrogens is 1100 g/mol. The molecule has 0 saturated heterocycles. The van der Waals surface area contributed by atoms with Crippen LogP contribution in [-0.4, -0.2) is 38.4 Å². The van der Waals surface area contributed by atoms with Gasteiger partial charge in [0, 0.05) is 22.2 Å². The van der Waals surface area contributed by atoms with Gasteiger partial charge in [-0.2, -0.15) is 10.2 Å². The number of carbonyl (C=O) groups is 2. The van der Waals surface area contributed by atoms with E-state index in [4.69, 9.17) is 51.6 Å². The average molecular weight is 1180 g/mol. The van der Waals surface area contributed by atoms with Crippen molar-refractivity contribution in [2.24, 2.45) is 20.5 Å². The number of ether oxygens (including phenoxy) is 6. The van der Waals surface area contributed by atoms with Gasteiger partial charge in [0.05, 0.1) is 48.9 Å². The molecule has 6 aromatic rings. The van der Waals surface area contributed by atoms with Crippen LogP contribution >= 0.6 is 23.2 Å². The summed E-state index contributed by atoms with van der Waals surface area (Å²) in [5, 5.41) is 18.9. The van der Waals surface area contributed by atoms with Gasteiger partial charge >= 0.3 is 11.9 Å². The van der Waals surface area contributed by atoms with Gasteiger partial charge in [-0.05, 0) is 147 Å². The first-order valence-corrected chi connectivity index (χ1v) is 31.8. The van der Waals surface area contributed by atoms with Crippen LogP contribution in [0.15, 0.2) is 154 Å². The van der Waals surface area contributed by atoms with Crippen molar-refractivity contribution >= 4 is 57.9 Å². The Balaban J connectivity index is 0.977. The minimum absolute atomic E-state index is 0.273. The van der Waals surface area contributed by atoms with E-state index in [0.717, 1.165) is 25.7 Å². The molecule has 0 aromatic heterocycles. The van der Waals surface area contributed by atoms with Crippen molar-refractivity contribution in [2.75, 3.05) is 26.4 Å². The first-order chi connectivity index (χ1) is 41.3. The minimum atomic E-state index is -0.522. The molecule has 0 aliphatic rings. The Morgan fingerprint density at radius 3 is 0.940 bits per heavy atom. The number of nitrogens with zero attached hydrogens (tertiary/aromatic N) is 4. The van der Waals surface area contributed by atoms with Crippen molar-refractivity contribution in [3.63, 3.8) is 0 Å². The lowest BCUT2D eigenvalue weighted by Crippen LogP contribution is -2.09. The summed E-state index contributed by atoms with van der Waals surface area (Å²) in [6.07, 6.45) is 32.0. The first-order valence-electron chi connectivity index (χ1n) is 31.0. The molecule has 0 unspecified atom stereocenters. The van der Waals surface area contributed by atoms with E-state index in [-0.39, 0.29) is 24.7 Å². The van der Waals surface area contributed by atoms with Gasteiger partial charge in [0.25, 0.3) is 0 Å². The molecule has 0 aliphatic heterocycles. The second-order valence-corrected chi connectivity index (χ2v) is 22.2. The van der Waals surface area contributed by atoms with E-state index in [1.807, 2.05) is 0 Å². The predicted octanol–water partition coefficient (Wildman–Crippen LogP) is 22.7. The molecule has 0 aliphatic carbocycles. The van der Waals surface area contributed by atoms with Gasteiger partial charge in [-0.25, -0.2) is 9.59 Å². The van der Waals surface area contributed by atoms with Gasteiger partial charge in [0.15, 0.2) is 11.5 Å². The molecule has 84 heavy (non-hydrogen) atoms. The number of benzene rings is 6. The summed E-state index contributed by atoms with van der Waals surface area (Å²) in [7, 11) is 0. The van der Waals surface area contributed by atoms with Gasteiger partial charge in [-0.3, -0.25) is 0 Å². The van der Waals surface area contributed by atoms with Crippen LogP contribution < -0.4 is 28.4 Å². The number of hydrogen-bond donors (Lipinski definition) is 0. The first kappa shape index (κ1) is 66.4. The number of hydrogen-bond acceptors (Lipinski definition) is 12. The largest absolute Gasteiger partial charge is 0.494 e. The maximum atomic E-state index is 13.4. The molecule has 0 heterocycles. The van der Waals surface area contributed by atoms with Gasteiger partial charge in [0.1, 0.15) is 34.4 Å². The summed E-state index contributed by atoms with van der Waals surface area (Å²) < 4.78 is 36.2. The van der Waals surface area contributed by atoms with E-state index in [2.05, 4.69) is 34.3 Å². The number of azo groups is 2. The molecule has 6 aromatic carbocycles. The molecule has 0 fully saturated rings. The number of carbonyl (C=O) groups excluding carboxylic acids is 2. The maximum Gasteiger partial charge on any atom is 0.343 e.